The number of benzene rings is 1. The summed E-state index contributed by atoms with van der Waals surface area (Å²) >= 11 is 0. The van der Waals surface area contributed by atoms with Crippen molar-refractivity contribution in [2.45, 2.75) is 20.5 Å². The lowest BCUT2D eigenvalue weighted by molar-refractivity contribution is -0.112. The van der Waals surface area contributed by atoms with Crippen molar-refractivity contribution in [1.29, 1.82) is 0 Å². The van der Waals surface area contributed by atoms with Gasteiger partial charge in [-0.15, -0.1) is 0 Å². The first kappa shape index (κ1) is 19.4. The lowest BCUT2D eigenvalue weighted by Gasteiger charge is -2.08. The van der Waals surface area contributed by atoms with Gasteiger partial charge in [0, 0.05) is 36.9 Å². The molecular formula is C22H21N5O3. The van der Waals surface area contributed by atoms with Gasteiger partial charge in [0.05, 0.1) is 17.0 Å². The van der Waals surface area contributed by atoms with Crippen molar-refractivity contribution in [2.24, 2.45) is 7.05 Å². The predicted octanol–water partition coefficient (Wildman–Crippen LogP) is 3.09. The van der Waals surface area contributed by atoms with Crippen LogP contribution >= 0.6 is 0 Å². The summed E-state index contributed by atoms with van der Waals surface area (Å²) in [6.07, 6.45) is 3.82. The van der Waals surface area contributed by atoms with Crippen LogP contribution in [0.25, 0.3) is 5.65 Å². The van der Waals surface area contributed by atoms with Crippen molar-refractivity contribution >= 4 is 23.0 Å². The number of carbonyl (C=O) groups is 2. The SMILES string of the molecule is Cc1nn(C)c(C)c1C(=O)C(=O)Nc1cccc(OCc2cn3ccccc3n2)c1. The molecule has 0 spiro atoms. The number of imidazole rings is 1. The fraction of sp³-hybridized carbons (Fsp3) is 0.182. The Hall–Kier alpha value is -3.94. The van der Waals surface area contributed by atoms with E-state index in [0.29, 0.717) is 28.4 Å². The molecule has 0 radical (unpaired) electrons. The minimum absolute atomic E-state index is 0.284. The van der Waals surface area contributed by atoms with Gasteiger partial charge in [-0.25, -0.2) is 4.98 Å². The second kappa shape index (κ2) is 7.82. The van der Waals surface area contributed by atoms with Gasteiger partial charge < -0.3 is 14.5 Å². The Morgan fingerprint density at radius 3 is 2.70 bits per heavy atom. The molecule has 8 nitrogen and oxygen atoms in total. The highest BCUT2D eigenvalue weighted by molar-refractivity contribution is 6.47. The fourth-order valence-electron chi connectivity index (χ4n) is 3.28. The highest BCUT2D eigenvalue weighted by Gasteiger charge is 2.24. The first-order valence-electron chi connectivity index (χ1n) is 9.43. The predicted molar refractivity (Wildman–Crippen MR) is 112 cm³/mol. The van der Waals surface area contributed by atoms with Crippen molar-refractivity contribution in [3.8, 4) is 5.75 Å². The van der Waals surface area contributed by atoms with Gasteiger partial charge in [0.2, 0.25) is 0 Å². The largest absolute Gasteiger partial charge is 0.487 e. The quantitative estimate of drug-likeness (QED) is 0.395. The van der Waals surface area contributed by atoms with Crippen molar-refractivity contribution in [3.63, 3.8) is 0 Å². The molecule has 0 aliphatic heterocycles. The number of amides is 1. The summed E-state index contributed by atoms with van der Waals surface area (Å²) in [6, 6.07) is 12.7. The van der Waals surface area contributed by atoms with Crippen LogP contribution in [-0.2, 0) is 18.4 Å². The van der Waals surface area contributed by atoms with Gasteiger partial charge in [-0.2, -0.15) is 5.10 Å². The minimum Gasteiger partial charge on any atom is -0.487 e. The Bertz CT molecular complexity index is 1220. The van der Waals surface area contributed by atoms with Crippen LogP contribution in [0.4, 0.5) is 5.69 Å². The van der Waals surface area contributed by atoms with Crippen LogP contribution in [-0.4, -0.2) is 30.9 Å². The lowest BCUT2D eigenvalue weighted by Crippen LogP contribution is -2.24. The highest BCUT2D eigenvalue weighted by Crippen LogP contribution is 2.20. The van der Waals surface area contributed by atoms with Gasteiger partial charge >= 0.3 is 0 Å². The first-order chi connectivity index (χ1) is 14.4. The van der Waals surface area contributed by atoms with Crippen LogP contribution in [0.2, 0.25) is 0 Å². The molecule has 3 heterocycles. The number of hydrogen-bond donors (Lipinski definition) is 1. The second-order valence-corrected chi connectivity index (χ2v) is 6.97. The lowest BCUT2D eigenvalue weighted by atomic mass is 10.1. The van der Waals surface area contributed by atoms with Gasteiger partial charge in [-0.05, 0) is 38.1 Å². The van der Waals surface area contributed by atoms with Gasteiger partial charge in [0.25, 0.3) is 11.7 Å². The number of aryl methyl sites for hydroxylation is 2. The van der Waals surface area contributed by atoms with Gasteiger partial charge in [-0.3, -0.25) is 14.3 Å². The van der Waals surface area contributed by atoms with Crippen LogP contribution in [0.5, 0.6) is 5.75 Å². The van der Waals surface area contributed by atoms with Crippen LogP contribution in [0.1, 0.15) is 27.4 Å². The standard InChI is InChI=1S/C22H21N5O3/c1-14-20(15(2)26(3)25-14)21(28)22(29)24-16-7-6-8-18(11-16)30-13-17-12-27-10-5-4-9-19(27)23-17/h4-12H,13H2,1-3H3,(H,24,29). The average Bonchev–Trinajstić information content (AvgIpc) is 3.26. The van der Waals surface area contributed by atoms with E-state index in [4.69, 9.17) is 4.74 Å². The number of rotatable bonds is 6. The van der Waals surface area contributed by atoms with Gasteiger partial charge in [0.15, 0.2) is 0 Å². The summed E-state index contributed by atoms with van der Waals surface area (Å²) in [5, 5.41) is 6.83. The third-order valence-electron chi connectivity index (χ3n) is 4.83. The molecule has 3 aromatic heterocycles. The zero-order valence-corrected chi connectivity index (χ0v) is 16.9. The number of ketones is 1. The number of nitrogens with zero attached hydrogens (tertiary/aromatic N) is 4. The van der Waals surface area contributed by atoms with Crippen LogP contribution in [0.15, 0.2) is 54.9 Å². The van der Waals surface area contributed by atoms with Crippen molar-refractivity contribution in [2.75, 3.05) is 5.32 Å². The third-order valence-corrected chi connectivity index (χ3v) is 4.83. The maximum atomic E-state index is 12.6. The Morgan fingerprint density at radius 1 is 1.13 bits per heavy atom. The first-order valence-corrected chi connectivity index (χ1v) is 9.43. The number of ether oxygens (including phenoxy) is 1. The molecule has 4 rings (SSSR count). The molecule has 0 atom stereocenters. The van der Waals surface area contributed by atoms with E-state index < -0.39 is 11.7 Å². The molecule has 1 N–H and O–H groups in total. The monoisotopic (exact) mass is 403 g/mol. The second-order valence-electron chi connectivity index (χ2n) is 6.97. The van der Waals surface area contributed by atoms with E-state index in [9.17, 15) is 9.59 Å². The number of aromatic nitrogens is 4. The Kier molecular flexibility index (Phi) is 5.05. The van der Waals surface area contributed by atoms with Gasteiger partial charge in [-0.1, -0.05) is 12.1 Å². The topological polar surface area (TPSA) is 90.5 Å². The maximum absolute atomic E-state index is 12.6. The fourth-order valence-corrected chi connectivity index (χ4v) is 3.28. The number of Topliss-reactive ketones (excluding diaryl/α,β-unsaturated/α-hetero) is 1. The summed E-state index contributed by atoms with van der Waals surface area (Å²) in [6.45, 7) is 3.75. The van der Waals surface area contributed by atoms with Crippen LogP contribution in [0, 0.1) is 13.8 Å². The molecule has 0 aliphatic carbocycles. The zero-order chi connectivity index (χ0) is 21.3. The number of nitrogens with one attached hydrogen (secondary N) is 1. The molecular weight excluding hydrogens is 382 g/mol. The molecule has 1 aromatic carbocycles. The molecule has 4 aromatic rings. The number of fused-ring (bicyclic) bond motifs is 1. The Morgan fingerprint density at radius 2 is 1.97 bits per heavy atom. The van der Waals surface area contributed by atoms with E-state index in [1.165, 1.54) is 0 Å². The normalized spacial score (nSPS) is 10.9. The van der Waals surface area contributed by atoms with Crippen molar-refractivity contribution in [1.82, 2.24) is 19.2 Å². The van der Waals surface area contributed by atoms with E-state index in [2.05, 4.69) is 15.4 Å². The van der Waals surface area contributed by atoms with E-state index in [0.717, 1.165) is 11.3 Å². The number of pyridine rings is 1. The van der Waals surface area contributed by atoms with E-state index >= 15 is 0 Å². The molecule has 1 amide bonds. The van der Waals surface area contributed by atoms with Crippen molar-refractivity contribution in [3.05, 3.63) is 77.5 Å². The molecule has 8 heteroatoms. The number of hydrogen-bond acceptors (Lipinski definition) is 5. The maximum Gasteiger partial charge on any atom is 0.296 e. The Balaban J connectivity index is 1.43. The van der Waals surface area contributed by atoms with Crippen LogP contribution in [0.3, 0.4) is 0 Å². The molecule has 30 heavy (non-hydrogen) atoms. The summed E-state index contributed by atoms with van der Waals surface area (Å²) in [4.78, 5) is 29.5. The molecule has 0 fully saturated rings. The third kappa shape index (κ3) is 3.80. The molecule has 152 valence electrons. The van der Waals surface area contributed by atoms with E-state index in [1.807, 2.05) is 35.0 Å². The number of carbonyl (C=O) groups excluding carboxylic acids is 2. The summed E-state index contributed by atoms with van der Waals surface area (Å²) < 4.78 is 9.31. The van der Waals surface area contributed by atoms with E-state index in [1.54, 1.807) is 49.8 Å². The molecule has 0 bridgehead atoms. The van der Waals surface area contributed by atoms with E-state index in [-0.39, 0.29) is 6.61 Å². The zero-order valence-electron chi connectivity index (χ0n) is 16.9. The molecule has 0 saturated carbocycles. The molecule has 0 aliphatic rings. The minimum atomic E-state index is -0.716. The molecule has 0 unspecified atom stereocenters. The number of anilines is 1. The highest BCUT2D eigenvalue weighted by atomic mass is 16.5. The smallest absolute Gasteiger partial charge is 0.296 e. The Labute approximate surface area is 173 Å². The van der Waals surface area contributed by atoms with Gasteiger partial charge in [0.1, 0.15) is 18.0 Å². The van der Waals surface area contributed by atoms with Crippen LogP contribution < -0.4 is 10.1 Å². The summed E-state index contributed by atoms with van der Waals surface area (Å²) in [7, 11) is 1.74. The summed E-state index contributed by atoms with van der Waals surface area (Å²) in [5.74, 6) is -0.771. The van der Waals surface area contributed by atoms with Crippen molar-refractivity contribution < 1.29 is 14.3 Å². The summed E-state index contributed by atoms with van der Waals surface area (Å²) in [5.41, 5.74) is 3.61. The average molecular weight is 403 g/mol. The molecule has 0 saturated heterocycles.